The lowest BCUT2D eigenvalue weighted by Gasteiger charge is -2.35. The fourth-order valence-electron chi connectivity index (χ4n) is 2.28. The number of hydrogen-bond acceptors (Lipinski definition) is 4. The van der Waals surface area contributed by atoms with Crippen molar-refractivity contribution in [1.82, 2.24) is 0 Å². The third kappa shape index (κ3) is 3.84. The Morgan fingerprint density at radius 2 is 1.70 bits per heavy atom. The molecule has 4 heteroatoms. The molecule has 1 unspecified atom stereocenters. The maximum absolute atomic E-state index is 12.0. The molecular formula is C16H26O4. The molecule has 1 aliphatic rings. The van der Waals surface area contributed by atoms with Gasteiger partial charge in [-0.1, -0.05) is 6.58 Å². The van der Waals surface area contributed by atoms with E-state index >= 15 is 0 Å². The molecule has 1 saturated carbocycles. The van der Waals surface area contributed by atoms with E-state index in [-0.39, 0.29) is 5.97 Å². The van der Waals surface area contributed by atoms with Crippen molar-refractivity contribution in [2.45, 2.75) is 72.0 Å². The summed E-state index contributed by atoms with van der Waals surface area (Å²) in [5.41, 5.74) is -0.894. The third-order valence-corrected chi connectivity index (χ3v) is 3.73. The standard InChI is InChI=1S/C16H26O4/c1-11(2)13(17)20-16(9-7-8-10-16)12(3)19-14(18)15(4,5)6/h12H,1,7-10H2,2-6H3. The summed E-state index contributed by atoms with van der Waals surface area (Å²) in [7, 11) is 0. The number of carbonyl (C=O) groups excluding carboxylic acids is 2. The van der Waals surface area contributed by atoms with Crippen molar-refractivity contribution < 1.29 is 19.1 Å². The van der Waals surface area contributed by atoms with Crippen LogP contribution in [0.1, 0.15) is 60.3 Å². The summed E-state index contributed by atoms with van der Waals surface area (Å²) in [5.74, 6) is -0.687. The van der Waals surface area contributed by atoms with Crippen LogP contribution < -0.4 is 0 Å². The second-order valence-corrected chi connectivity index (χ2v) is 6.74. The van der Waals surface area contributed by atoms with Crippen LogP contribution in [0.3, 0.4) is 0 Å². The Labute approximate surface area is 121 Å². The highest BCUT2D eigenvalue weighted by atomic mass is 16.6. The minimum absolute atomic E-state index is 0.275. The molecule has 1 aliphatic carbocycles. The van der Waals surface area contributed by atoms with Crippen LogP contribution in [-0.4, -0.2) is 23.6 Å². The van der Waals surface area contributed by atoms with Crippen LogP contribution in [0.5, 0.6) is 0 Å². The van der Waals surface area contributed by atoms with Crippen LogP contribution in [0, 0.1) is 5.41 Å². The monoisotopic (exact) mass is 282 g/mol. The number of rotatable bonds is 4. The third-order valence-electron chi connectivity index (χ3n) is 3.73. The lowest BCUT2D eigenvalue weighted by atomic mass is 9.93. The van der Waals surface area contributed by atoms with E-state index < -0.39 is 23.1 Å². The first kappa shape index (κ1) is 16.7. The molecule has 0 aromatic carbocycles. The lowest BCUT2D eigenvalue weighted by Crippen LogP contribution is -2.46. The first-order valence-corrected chi connectivity index (χ1v) is 7.18. The Hall–Kier alpha value is -1.32. The van der Waals surface area contributed by atoms with Crippen LogP contribution >= 0.6 is 0 Å². The van der Waals surface area contributed by atoms with Gasteiger partial charge in [-0.3, -0.25) is 4.79 Å². The number of carbonyl (C=O) groups is 2. The molecule has 0 amide bonds. The SMILES string of the molecule is C=C(C)C(=O)OC1(C(C)OC(=O)C(C)(C)C)CCCC1. The highest BCUT2D eigenvalue weighted by Crippen LogP contribution is 2.38. The van der Waals surface area contributed by atoms with Crippen molar-refractivity contribution in [3.8, 4) is 0 Å². The van der Waals surface area contributed by atoms with Crippen LogP contribution in [0.25, 0.3) is 0 Å². The molecule has 0 bridgehead atoms. The summed E-state index contributed by atoms with van der Waals surface area (Å²) in [4.78, 5) is 23.8. The fraction of sp³-hybridized carbons (Fsp3) is 0.750. The van der Waals surface area contributed by atoms with Gasteiger partial charge in [0.2, 0.25) is 0 Å². The summed E-state index contributed by atoms with van der Waals surface area (Å²) in [5, 5.41) is 0. The maximum atomic E-state index is 12.0. The van der Waals surface area contributed by atoms with Crippen molar-refractivity contribution in [2.24, 2.45) is 5.41 Å². The van der Waals surface area contributed by atoms with Crippen LogP contribution in [-0.2, 0) is 19.1 Å². The van der Waals surface area contributed by atoms with Crippen LogP contribution in [0.15, 0.2) is 12.2 Å². The van der Waals surface area contributed by atoms with E-state index in [9.17, 15) is 9.59 Å². The van der Waals surface area contributed by atoms with E-state index in [2.05, 4.69) is 6.58 Å². The molecule has 1 atom stereocenters. The molecule has 0 aliphatic heterocycles. The predicted molar refractivity (Wildman–Crippen MR) is 77.1 cm³/mol. The summed E-state index contributed by atoms with van der Waals surface area (Å²) >= 11 is 0. The van der Waals surface area contributed by atoms with Crippen molar-refractivity contribution in [3.05, 3.63) is 12.2 Å². The van der Waals surface area contributed by atoms with E-state index in [1.165, 1.54) is 0 Å². The molecule has 1 rings (SSSR count). The lowest BCUT2D eigenvalue weighted by molar-refractivity contribution is -0.185. The second-order valence-electron chi connectivity index (χ2n) is 6.74. The van der Waals surface area contributed by atoms with Gasteiger partial charge in [0.25, 0.3) is 0 Å². The predicted octanol–water partition coefficient (Wildman–Crippen LogP) is 3.40. The number of esters is 2. The average Bonchev–Trinajstić information content (AvgIpc) is 2.77. The molecule has 0 heterocycles. The molecule has 0 aromatic heterocycles. The molecule has 4 nitrogen and oxygen atoms in total. The molecule has 20 heavy (non-hydrogen) atoms. The maximum Gasteiger partial charge on any atom is 0.333 e. The molecule has 0 aromatic rings. The largest absolute Gasteiger partial charge is 0.458 e. The van der Waals surface area contributed by atoms with Crippen LogP contribution in [0.2, 0.25) is 0 Å². The number of ether oxygens (including phenoxy) is 2. The van der Waals surface area contributed by atoms with Gasteiger partial charge in [0, 0.05) is 5.57 Å². The van der Waals surface area contributed by atoms with Gasteiger partial charge in [-0.2, -0.15) is 0 Å². The minimum Gasteiger partial charge on any atom is -0.458 e. The van der Waals surface area contributed by atoms with E-state index in [1.54, 1.807) is 13.8 Å². The highest BCUT2D eigenvalue weighted by Gasteiger charge is 2.45. The molecule has 1 fully saturated rings. The molecule has 0 saturated heterocycles. The van der Waals surface area contributed by atoms with Gasteiger partial charge >= 0.3 is 11.9 Å². The van der Waals surface area contributed by atoms with Gasteiger partial charge in [-0.15, -0.1) is 0 Å². The molecule has 0 spiro atoms. The van der Waals surface area contributed by atoms with E-state index in [0.717, 1.165) is 25.7 Å². The zero-order chi connectivity index (χ0) is 15.6. The smallest absolute Gasteiger partial charge is 0.333 e. The van der Waals surface area contributed by atoms with Gasteiger partial charge in [0.05, 0.1) is 5.41 Å². The van der Waals surface area contributed by atoms with Gasteiger partial charge in [-0.05, 0) is 60.3 Å². The Morgan fingerprint density at radius 1 is 1.20 bits per heavy atom. The average molecular weight is 282 g/mol. The highest BCUT2D eigenvalue weighted by molar-refractivity contribution is 5.87. The molecule has 0 N–H and O–H groups in total. The van der Waals surface area contributed by atoms with Crippen molar-refractivity contribution in [2.75, 3.05) is 0 Å². The number of hydrogen-bond donors (Lipinski definition) is 0. The minimum atomic E-state index is -0.697. The van der Waals surface area contributed by atoms with Crippen molar-refractivity contribution in [3.63, 3.8) is 0 Å². The van der Waals surface area contributed by atoms with Gasteiger partial charge < -0.3 is 9.47 Å². The van der Waals surface area contributed by atoms with E-state index in [1.807, 2.05) is 20.8 Å². The van der Waals surface area contributed by atoms with Gasteiger partial charge in [0.1, 0.15) is 11.7 Å². The molecule has 0 radical (unpaired) electrons. The summed E-state index contributed by atoms with van der Waals surface area (Å²) in [6, 6.07) is 0. The zero-order valence-electron chi connectivity index (χ0n) is 13.2. The second kappa shape index (κ2) is 5.98. The van der Waals surface area contributed by atoms with Gasteiger partial charge in [-0.25, -0.2) is 4.79 Å². The first-order valence-electron chi connectivity index (χ1n) is 7.18. The van der Waals surface area contributed by atoms with E-state index in [0.29, 0.717) is 5.57 Å². The quantitative estimate of drug-likeness (QED) is 0.586. The topological polar surface area (TPSA) is 52.6 Å². The van der Waals surface area contributed by atoms with Gasteiger partial charge in [0.15, 0.2) is 0 Å². The first-order chi connectivity index (χ1) is 9.08. The van der Waals surface area contributed by atoms with Crippen LogP contribution in [0.4, 0.5) is 0 Å². The summed E-state index contributed by atoms with van der Waals surface area (Å²) < 4.78 is 11.2. The Kier molecular flexibility index (Phi) is 5.00. The summed E-state index contributed by atoms with van der Waals surface area (Å²) in [6.45, 7) is 12.5. The normalized spacial score (nSPS) is 19.2. The van der Waals surface area contributed by atoms with Crippen molar-refractivity contribution >= 4 is 11.9 Å². The molecule has 114 valence electrons. The zero-order valence-corrected chi connectivity index (χ0v) is 13.2. The molecular weight excluding hydrogens is 256 g/mol. The Morgan fingerprint density at radius 3 is 2.10 bits per heavy atom. The Balaban J connectivity index is 2.82. The van der Waals surface area contributed by atoms with Crippen molar-refractivity contribution in [1.29, 1.82) is 0 Å². The Bertz CT molecular complexity index is 397. The fourth-order valence-corrected chi connectivity index (χ4v) is 2.28. The van der Waals surface area contributed by atoms with E-state index in [4.69, 9.17) is 9.47 Å². The summed E-state index contributed by atoms with van der Waals surface area (Å²) in [6.07, 6.45) is 2.96.